The second-order valence-electron chi connectivity index (χ2n) is 8.33. The molecule has 174 valence electrons. The lowest BCUT2D eigenvalue weighted by molar-refractivity contribution is -0.120. The second-order valence-corrected chi connectivity index (χ2v) is 10.6. The summed E-state index contributed by atoms with van der Waals surface area (Å²) in [6.45, 7) is 5.91. The normalized spacial score (nSPS) is 15.5. The monoisotopic (exact) mass is 486 g/mol. The van der Waals surface area contributed by atoms with Gasteiger partial charge in [-0.05, 0) is 63.4 Å². The molecule has 1 aliphatic rings. The number of anilines is 1. The Hall–Kier alpha value is -2.68. The highest BCUT2D eigenvalue weighted by atomic mass is 35.5. The molecule has 0 spiro atoms. The molecule has 2 aromatic carbocycles. The Morgan fingerprint density at radius 1 is 1.03 bits per heavy atom. The van der Waals surface area contributed by atoms with E-state index in [-0.39, 0.29) is 29.8 Å². The minimum Gasteiger partial charge on any atom is -0.326 e. The van der Waals surface area contributed by atoms with Gasteiger partial charge in [-0.3, -0.25) is 4.79 Å². The third-order valence-electron chi connectivity index (χ3n) is 6.17. The Morgan fingerprint density at radius 3 is 2.36 bits per heavy atom. The first kappa shape index (κ1) is 23.5. The molecule has 1 aromatic heterocycles. The maximum Gasteiger partial charge on any atom is 0.246 e. The molecule has 1 amide bonds. The van der Waals surface area contributed by atoms with E-state index < -0.39 is 10.0 Å². The molecule has 4 rings (SSSR count). The van der Waals surface area contributed by atoms with E-state index in [1.807, 2.05) is 43.3 Å². The fraction of sp³-hybridized carbons (Fsp3) is 0.333. The van der Waals surface area contributed by atoms with Crippen molar-refractivity contribution in [2.45, 2.75) is 38.5 Å². The van der Waals surface area contributed by atoms with E-state index in [1.54, 1.807) is 30.7 Å². The van der Waals surface area contributed by atoms with E-state index in [4.69, 9.17) is 11.6 Å². The van der Waals surface area contributed by atoms with Crippen LogP contribution in [-0.4, -0.2) is 41.5 Å². The average molecular weight is 487 g/mol. The van der Waals surface area contributed by atoms with Crippen molar-refractivity contribution in [1.82, 2.24) is 14.1 Å². The van der Waals surface area contributed by atoms with Gasteiger partial charge in [0, 0.05) is 29.7 Å². The number of benzene rings is 2. The highest BCUT2D eigenvalue weighted by Crippen LogP contribution is 2.30. The lowest BCUT2D eigenvalue weighted by Gasteiger charge is -2.30. The van der Waals surface area contributed by atoms with Crippen LogP contribution < -0.4 is 5.32 Å². The van der Waals surface area contributed by atoms with Gasteiger partial charge in [-0.2, -0.15) is 9.40 Å². The summed E-state index contributed by atoms with van der Waals surface area (Å²) >= 11 is 6.15. The number of carbonyl (C=O) groups is 1. The van der Waals surface area contributed by atoms with Crippen molar-refractivity contribution in [3.8, 4) is 5.69 Å². The number of para-hydroxylation sites is 1. The van der Waals surface area contributed by atoms with E-state index >= 15 is 0 Å². The number of amides is 1. The molecule has 0 unspecified atom stereocenters. The molecule has 7 nitrogen and oxygen atoms in total. The van der Waals surface area contributed by atoms with Crippen LogP contribution in [0.1, 0.15) is 29.8 Å². The number of sulfonamides is 1. The standard InChI is InChI=1S/C24H27ClN4O3S/c1-16-21(25)10-7-11-22(16)26-24(30)19-12-14-28(15-13-19)33(31,32)23-17(2)27-29(18(23)3)20-8-5-4-6-9-20/h4-11,19H,12-15H2,1-3H3,(H,26,30). The van der Waals surface area contributed by atoms with Gasteiger partial charge in [0.05, 0.1) is 17.1 Å². The molecule has 0 saturated carbocycles. The average Bonchev–Trinajstić information content (AvgIpc) is 3.12. The van der Waals surface area contributed by atoms with Crippen LogP contribution in [0.4, 0.5) is 5.69 Å². The molecule has 2 heterocycles. The van der Waals surface area contributed by atoms with Crippen LogP contribution in [0.25, 0.3) is 5.69 Å². The van der Waals surface area contributed by atoms with E-state index in [0.29, 0.717) is 34.9 Å². The molecule has 33 heavy (non-hydrogen) atoms. The highest BCUT2D eigenvalue weighted by molar-refractivity contribution is 7.89. The molecule has 3 aromatic rings. The quantitative estimate of drug-likeness (QED) is 0.575. The van der Waals surface area contributed by atoms with Gasteiger partial charge in [-0.25, -0.2) is 13.1 Å². The number of aryl methyl sites for hydroxylation is 1. The fourth-order valence-electron chi connectivity index (χ4n) is 4.29. The van der Waals surface area contributed by atoms with Crippen LogP contribution in [0.15, 0.2) is 53.4 Å². The van der Waals surface area contributed by atoms with Crippen molar-refractivity contribution in [3.05, 3.63) is 70.5 Å². The van der Waals surface area contributed by atoms with Crippen LogP contribution in [0.3, 0.4) is 0 Å². The number of piperidine rings is 1. The summed E-state index contributed by atoms with van der Waals surface area (Å²) in [6, 6.07) is 14.8. The SMILES string of the molecule is Cc1nn(-c2ccccc2)c(C)c1S(=O)(=O)N1CCC(C(=O)Nc2cccc(Cl)c2C)CC1. The van der Waals surface area contributed by atoms with Gasteiger partial charge in [0.1, 0.15) is 4.90 Å². The van der Waals surface area contributed by atoms with E-state index in [0.717, 1.165) is 11.3 Å². The van der Waals surface area contributed by atoms with Gasteiger partial charge in [0.15, 0.2) is 0 Å². The summed E-state index contributed by atoms with van der Waals surface area (Å²) in [5.41, 5.74) is 3.35. The van der Waals surface area contributed by atoms with Crippen LogP contribution in [0.5, 0.6) is 0 Å². The van der Waals surface area contributed by atoms with Crippen molar-refractivity contribution in [2.75, 3.05) is 18.4 Å². The number of nitrogens with one attached hydrogen (secondary N) is 1. The topological polar surface area (TPSA) is 84.3 Å². The molecular formula is C24H27ClN4O3S. The van der Waals surface area contributed by atoms with Crippen LogP contribution in [-0.2, 0) is 14.8 Å². The molecule has 1 fully saturated rings. The van der Waals surface area contributed by atoms with Crippen LogP contribution in [0.2, 0.25) is 5.02 Å². The molecular weight excluding hydrogens is 460 g/mol. The summed E-state index contributed by atoms with van der Waals surface area (Å²) in [4.78, 5) is 13.0. The van der Waals surface area contributed by atoms with Crippen molar-refractivity contribution < 1.29 is 13.2 Å². The van der Waals surface area contributed by atoms with Crippen molar-refractivity contribution in [3.63, 3.8) is 0 Å². The lowest BCUT2D eigenvalue weighted by Crippen LogP contribution is -2.41. The lowest BCUT2D eigenvalue weighted by atomic mass is 9.97. The van der Waals surface area contributed by atoms with Crippen molar-refractivity contribution in [1.29, 1.82) is 0 Å². The molecule has 0 atom stereocenters. The van der Waals surface area contributed by atoms with Crippen molar-refractivity contribution >= 4 is 33.2 Å². The number of hydrogen-bond acceptors (Lipinski definition) is 4. The van der Waals surface area contributed by atoms with Gasteiger partial charge >= 0.3 is 0 Å². The number of nitrogens with zero attached hydrogens (tertiary/aromatic N) is 3. The number of halogens is 1. The summed E-state index contributed by atoms with van der Waals surface area (Å²) < 4.78 is 30.1. The second kappa shape index (κ2) is 9.29. The zero-order valence-electron chi connectivity index (χ0n) is 18.9. The van der Waals surface area contributed by atoms with E-state index in [2.05, 4.69) is 10.4 Å². The molecule has 1 N–H and O–H groups in total. The maximum absolute atomic E-state index is 13.5. The minimum absolute atomic E-state index is 0.110. The molecule has 1 saturated heterocycles. The fourth-order valence-corrected chi connectivity index (χ4v) is 6.29. The van der Waals surface area contributed by atoms with Gasteiger partial charge < -0.3 is 5.32 Å². The van der Waals surface area contributed by atoms with Gasteiger partial charge in [-0.15, -0.1) is 0 Å². The van der Waals surface area contributed by atoms with Gasteiger partial charge in [0.25, 0.3) is 0 Å². The largest absolute Gasteiger partial charge is 0.326 e. The zero-order chi connectivity index (χ0) is 23.8. The molecule has 0 aliphatic carbocycles. The van der Waals surface area contributed by atoms with Crippen LogP contribution in [0, 0.1) is 26.7 Å². The zero-order valence-corrected chi connectivity index (χ0v) is 20.4. The third-order valence-corrected chi connectivity index (χ3v) is 8.74. The van der Waals surface area contributed by atoms with Gasteiger partial charge in [0.2, 0.25) is 15.9 Å². The Labute approximate surface area is 199 Å². The van der Waals surface area contributed by atoms with Gasteiger partial charge in [-0.1, -0.05) is 35.9 Å². The summed E-state index contributed by atoms with van der Waals surface area (Å²) in [6.07, 6.45) is 0.908. The molecule has 1 aliphatic heterocycles. The molecule has 0 bridgehead atoms. The third kappa shape index (κ3) is 4.55. The first-order valence-electron chi connectivity index (χ1n) is 10.9. The Kier molecular flexibility index (Phi) is 6.61. The predicted octanol–water partition coefficient (Wildman–Crippen LogP) is 4.49. The summed E-state index contributed by atoms with van der Waals surface area (Å²) in [5, 5.41) is 8.02. The number of rotatable bonds is 5. The molecule has 0 radical (unpaired) electrons. The first-order valence-corrected chi connectivity index (χ1v) is 12.7. The summed E-state index contributed by atoms with van der Waals surface area (Å²) in [7, 11) is -3.73. The highest BCUT2D eigenvalue weighted by Gasteiger charge is 2.35. The first-order chi connectivity index (χ1) is 15.7. The van der Waals surface area contributed by atoms with E-state index in [1.165, 1.54) is 4.31 Å². The minimum atomic E-state index is -3.73. The smallest absolute Gasteiger partial charge is 0.246 e. The van der Waals surface area contributed by atoms with E-state index in [9.17, 15) is 13.2 Å². The maximum atomic E-state index is 13.5. The van der Waals surface area contributed by atoms with Crippen LogP contribution >= 0.6 is 11.6 Å². The molecule has 9 heteroatoms. The Bertz CT molecular complexity index is 1280. The Morgan fingerprint density at radius 2 is 1.70 bits per heavy atom. The Balaban J connectivity index is 1.48. The number of aromatic nitrogens is 2. The number of carbonyl (C=O) groups excluding carboxylic acids is 1. The van der Waals surface area contributed by atoms with Crippen molar-refractivity contribution in [2.24, 2.45) is 5.92 Å². The summed E-state index contributed by atoms with van der Waals surface area (Å²) in [5.74, 6) is -0.370. The predicted molar refractivity (Wildman–Crippen MR) is 129 cm³/mol. The number of hydrogen-bond donors (Lipinski definition) is 1.